The van der Waals surface area contributed by atoms with Crippen molar-refractivity contribution in [2.45, 2.75) is 51.6 Å². The Hall–Kier alpha value is -2.74. The van der Waals surface area contributed by atoms with E-state index in [9.17, 15) is 9.59 Å². The molecule has 0 radical (unpaired) electrons. The van der Waals surface area contributed by atoms with Gasteiger partial charge in [0, 0.05) is 13.5 Å². The van der Waals surface area contributed by atoms with Gasteiger partial charge in [0.25, 0.3) is 0 Å². The molecule has 8 nitrogen and oxygen atoms in total. The molecular formula is C18H25N5O3. The van der Waals surface area contributed by atoms with Crippen LogP contribution in [0.2, 0.25) is 0 Å². The van der Waals surface area contributed by atoms with Crippen LogP contribution in [-0.2, 0) is 28.0 Å². The van der Waals surface area contributed by atoms with E-state index >= 15 is 0 Å². The molecule has 0 fully saturated rings. The van der Waals surface area contributed by atoms with Crippen LogP contribution >= 0.6 is 0 Å². The van der Waals surface area contributed by atoms with Crippen molar-refractivity contribution >= 4 is 11.8 Å². The molecule has 1 heterocycles. The highest BCUT2D eigenvalue weighted by molar-refractivity contribution is 5.84. The highest BCUT2D eigenvalue weighted by Crippen LogP contribution is 2.25. The van der Waals surface area contributed by atoms with Gasteiger partial charge in [0.05, 0.1) is 0 Å². The first-order valence-electron chi connectivity index (χ1n) is 8.42. The van der Waals surface area contributed by atoms with Crippen molar-refractivity contribution in [2.24, 2.45) is 11.5 Å². The molecule has 0 unspecified atom stereocenters. The Morgan fingerprint density at radius 1 is 1.27 bits per heavy atom. The zero-order chi connectivity index (χ0) is 19.3. The van der Waals surface area contributed by atoms with E-state index in [0.29, 0.717) is 19.4 Å². The summed E-state index contributed by atoms with van der Waals surface area (Å²) in [6.07, 6.45) is 1.25. The molecule has 0 saturated heterocycles. The number of nitrogens with one attached hydrogen (secondary N) is 1. The van der Waals surface area contributed by atoms with Crippen LogP contribution in [0.5, 0.6) is 0 Å². The second-order valence-electron chi connectivity index (χ2n) is 6.75. The standard InChI is InChI=1S/C18H25N5O3/c1-11(24)21-14(8-7-12-5-4-6-13(9-12)10-19)15-22-23-17(26-15)18(2,3)16(20)25/h4-6,9,14H,7-8,10,19H2,1-3H3,(H2,20,25)(H,21,24)/t14-/m0/s1. The van der Waals surface area contributed by atoms with Crippen molar-refractivity contribution in [1.29, 1.82) is 0 Å². The quantitative estimate of drug-likeness (QED) is 0.645. The Morgan fingerprint density at radius 3 is 2.58 bits per heavy atom. The molecule has 0 aliphatic carbocycles. The van der Waals surface area contributed by atoms with E-state index in [-0.39, 0.29) is 17.7 Å². The van der Waals surface area contributed by atoms with Crippen molar-refractivity contribution in [3.63, 3.8) is 0 Å². The van der Waals surface area contributed by atoms with Crippen LogP contribution < -0.4 is 16.8 Å². The molecule has 5 N–H and O–H groups in total. The number of amides is 2. The molecule has 0 aliphatic rings. The molecule has 1 atom stereocenters. The van der Waals surface area contributed by atoms with Crippen LogP contribution in [0.25, 0.3) is 0 Å². The van der Waals surface area contributed by atoms with Crippen LogP contribution in [0.4, 0.5) is 0 Å². The number of benzene rings is 1. The lowest BCUT2D eigenvalue weighted by atomic mass is 9.93. The van der Waals surface area contributed by atoms with Crippen LogP contribution in [0.15, 0.2) is 28.7 Å². The maximum Gasteiger partial charge on any atom is 0.238 e. The maximum absolute atomic E-state index is 11.6. The number of primary amides is 1. The summed E-state index contributed by atoms with van der Waals surface area (Å²) in [4.78, 5) is 23.1. The van der Waals surface area contributed by atoms with E-state index in [0.717, 1.165) is 11.1 Å². The first-order valence-corrected chi connectivity index (χ1v) is 8.42. The molecule has 8 heteroatoms. The van der Waals surface area contributed by atoms with Crippen molar-refractivity contribution < 1.29 is 14.0 Å². The zero-order valence-electron chi connectivity index (χ0n) is 15.3. The predicted molar refractivity (Wildman–Crippen MR) is 95.7 cm³/mol. The highest BCUT2D eigenvalue weighted by Gasteiger charge is 2.34. The number of nitrogens with zero attached hydrogens (tertiary/aromatic N) is 2. The summed E-state index contributed by atoms with van der Waals surface area (Å²) >= 11 is 0. The SMILES string of the molecule is CC(=O)N[C@@H](CCc1cccc(CN)c1)c1nnc(C(C)(C)C(N)=O)o1. The lowest BCUT2D eigenvalue weighted by Gasteiger charge is -2.16. The minimum atomic E-state index is -1.08. The van der Waals surface area contributed by atoms with Gasteiger partial charge in [0.15, 0.2) is 0 Å². The number of carbonyl (C=O) groups excluding carboxylic acids is 2. The van der Waals surface area contributed by atoms with E-state index in [2.05, 4.69) is 15.5 Å². The summed E-state index contributed by atoms with van der Waals surface area (Å²) in [6.45, 7) is 5.11. The number of hydrogen-bond acceptors (Lipinski definition) is 6. The van der Waals surface area contributed by atoms with E-state index in [1.165, 1.54) is 6.92 Å². The van der Waals surface area contributed by atoms with Gasteiger partial charge in [-0.25, -0.2) is 0 Å². The minimum Gasteiger partial charge on any atom is -0.422 e. The third-order valence-electron chi connectivity index (χ3n) is 4.22. The summed E-state index contributed by atoms with van der Waals surface area (Å²) < 4.78 is 5.65. The number of rotatable bonds is 8. The fourth-order valence-electron chi connectivity index (χ4n) is 2.46. The van der Waals surface area contributed by atoms with Gasteiger partial charge >= 0.3 is 0 Å². The fraction of sp³-hybridized carbons (Fsp3) is 0.444. The summed E-state index contributed by atoms with van der Waals surface area (Å²) in [5.74, 6) is -0.401. The summed E-state index contributed by atoms with van der Waals surface area (Å²) in [5, 5.41) is 10.8. The van der Waals surface area contributed by atoms with Crippen molar-refractivity contribution in [3.05, 3.63) is 47.2 Å². The molecule has 1 aromatic heterocycles. The Morgan fingerprint density at radius 2 is 1.96 bits per heavy atom. The van der Waals surface area contributed by atoms with Gasteiger partial charge in [0.1, 0.15) is 11.5 Å². The molecule has 140 valence electrons. The number of carbonyl (C=O) groups is 2. The first-order chi connectivity index (χ1) is 12.2. The number of hydrogen-bond donors (Lipinski definition) is 3. The van der Waals surface area contributed by atoms with Crippen molar-refractivity contribution in [3.8, 4) is 0 Å². The van der Waals surface area contributed by atoms with Gasteiger partial charge in [0.2, 0.25) is 23.6 Å². The smallest absolute Gasteiger partial charge is 0.238 e. The van der Waals surface area contributed by atoms with E-state index in [1.807, 2.05) is 24.3 Å². The second kappa shape index (κ2) is 8.09. The average molecular weight is 359 g/mol. The normalized spacial score (nSPS) is 12.6. The number of nitrogens with two attached hydrogens (primary N) is 2. The molecule has 26 heavy (non-hydrogen) atoms. The number of aryl methyl sites for hydroxylation is 1. The Bertz CT molecular complexity index is 785. The third-order valence-corrected chi connectivity index (χ3v) is 4.22. The van der Waals surface area contributed by atoms with Crippen molar-refractivity contribution in [1.82, 2.24) is 15.5 Å². The zero-order valence-corrected chi connectivity index (χ0v) is 15.3. The Kier molecular flexibility index (Phi) is 6.10. The third kappa shape index (κ3) is 4.66. The van der Waals surface area contributed by atoms with Crippen LogP contribution in [0, 0.1) is 0 Å². The molecule has 2 rings (SSSR count). The molecule has 0 saturated carbocycles. The van der Waals surface area contributed by atoms with Crippen LogP contribution in [0.3, 0.4) is 0 Å². The van der Waals surface area contributed by atoms with Gasteiger partial charge in [-0.15, -0.1) is 10.2 Å². The molecule has 2 amide bonds. The van der Waals surface area contributed by atoms with Gasteiger partial charge in [-0.1, -0.05) is 24.3 Å². The van der Waals surface area contributed by atoms with Crippen LogP contribution in [0.1, 0.15) is 56.1 Å². The summed E-state index contributed by atoms with van der Waals surface area (Å²) in [6, 6.07) is 7.48. The van der Waals surface area contributed by atoms with Gasteiger partial charge < -0.3 is 21.2 Å². The van der Waals surface area contributed by atoms with Crippen LogP contribution in [-0.4, -0.2) is 22.0 Å². The van der Waals surface area contributed by atoms with Crippen molar-refractivity contribution in [2.75, 3.05) is 0 Å². The topological polar surface area (TPSA) is 137 Å². The Balaban J connectivity index is 2.18. The van der Waals surface area contributed by atoms with Gasteiger partial charge in [-0.05, 0) is 37.8 Å². The lowest BCUT2D eigenvalue weighted by Crippen LogP contribution is -2.35. The lowest BCUT2D eigenvalue weighted by molar-refractivity contribution is -0.123. The average Bonchev–Trinajstić information content (AvgIpc) is 3.09. The monoisotopic (exact) mass is 359 g/mol. The van der Waals surface area contributed by atoms with Gasteiger partial charge in [-0.2, -0.15) is 0 Å². The second-order valence-corrected chi connectivity index (χ2v) is 6.75. The predicted octanol–water partition coefficient (Wildman–Crippen LogP) is 1.10. The molecule has 0 aliphatic heterocycles. The summed E-state index contributed by atoms with van der Waals surface area (Å²) in [7, 11) is 0. The molecule has 2 aromatic rings. The minimum absolute atomic E-state index is 0.125. The maximum atomic E-state index is 11.6. The largest absolute Gasteiger partial charge is 0.422 e. The highest BCUT2D eigenvalue weighted by atomic mass is 16.4. The van der Waals surface area contributed by atoms with Gasteiger partial charge in [-0.3, -0.25) is 9.59 Å². The fourth-order valence-corrected chi connectivity index (χ4v) is 2.46. The molecule has 0 bridgehead atoms. The molecule has 0 spiro atoms. The van der Waals surface area contributed by atoms with E-state index < -0.39 is 17.4 Å². The molecule has 1 aromatic carbocycles. The first kappa shape index (κ1) is 19.6. The summed E-state index contributed by atoms with van der Waals surface area (Å²) in [5.41, 5.74) is 12.1. The number of aromatic nitrogens is 2. The molecular weight excluding hydrogens is 334 g/mol. The Labute approximate surface area is 152 Å². The van der Waals surface area contributed by atoms with E-state index in [1.54, 1.807) is 13.8 Å². The van der Waals surface area contributed by atoms with E-state index in [4.69, 9.17) is 15.9 Å².